The molecule has 4 nitrogen and oxygen atoms in total. The van der Waals surface area contributed by atoms with Crippen LogP contribution in [0.3, 0.4) is 0 Å². The normalized spacial score (nSPS) is 16.2. The summed E-state index contributed by atoms with van der Waals surface area (Å²) >= 11 is 0. The second kappa shape index (κ2) is 17.3. The van der Waals surface area contributed by atoms with Crippen LogP contribution < -0.4 is 5.32 Å². The second-order valence-corrected chi connectivity index (χ2v) is 9.14. The van der Waals surface area contributed by atoms with E-state index in [0.717, 1.165) is 43.9 Å². The van der Waals surface area contributed by atoms with Crippen molar-refractivity contribution in [2.24, 2.45) is 0 Å². The van der Waals surface area contributed by atoms with Gasteiger partial charge in [0.1, 0.15) is 13.1 Å². The Morgan fingerprint density at radius 1 is 0.750 bits per heavy atom. The summed E-state index contributed by atoms with van der Waals surface area (Å²) in [7, 11) is 2.20. The number of carbonyl (C=O) groups is 1. The van der Waals surface area contributed by atoms with Crippen LogP contribution in [0.2, 0.25) is 0 Å². The highest BCUT2D eigenvalue weighted by Gasteiger charge is 2.25. The molecule has 28 heavy (non-hydrogen) atoms. The molecule has 0 saturated carbocycles. The average Bonchev–Trinajstić information content (AvgIpc) is 2.70. The molecule has 0 bridgehead atoms. The fourth-order valence-corrected chi connectivity index (χ4v) is 3.97. The van der Waals surface area contributed by atoms with Crippen LogP contribution in [-0.4, -0.2) is 50.4 Å². The van der Waals surface area contributed by atoms with Gasteiger partial charge < -0.3 is 14.5 Å². The maximum absolute atomic E-state index is 12.0. The maximum atomic E-state index is 12.0. The molecule has 1 aliphatic heterocycles. The van der Waals surface area contributed by atoms with Gasteiger partial charge in [-0.3, -0.25) is 4.79 Å². The van der Waals surface area contributed by atoms with Crippen LogP contribution in [0.1, 0.15) is 110 Å². The summed E-state index contributed by atoms with van der Waals surface area (Å²) in [5, 5.41) is 3.12. The number of rotatable bonds is 18. The van der Waals surface area contributed by atoms with Gasteiger partial charge in [0.05, 0.1) is 20.3 Å². The summed E-state index contributed by atoms with van der Waals surface area (Å²) < 4.78 is 6.31. The van der Waals surface area contributed by atoms with Crippen LogP contribution in [-0.2, 0) is 9.53 Å². The van der Waals surface area contributed by atoms with Gasteiger partial charge in [-0.1, -0.05) is 96.8 Å². The molecule has 1 heterocycles. The van der Waals surface area contributed by atoms with E-state index in [0.29, 0.717) is 6.42 Å². The average molecular weight is 398 g/mol. The van der Waals surface area contributed by atoms with Crippen molar-refractivity contribution in [3.63, 3.8) is 0 Å². The summed E-state index contributed by atoms with van der Waals surface area (Å²) in [5.41, 5.74) is 0. The SMILES string of the molecule is CCCCCCCCCCCCCCCCCC(=O)NC[N+]1(C)CCOCC1. The zero-order valence-electron chi connectivity index (χ0n) is 19.1. The molecule has 0 spiro atoms. The first-order chi connectivity index (χ1) is 13.7. The largest absolute Gasteiger partial charge is 0.370 e. The molecule has 0 radical (unpaired) electrons. The highest BCUT2D eigenvalue weighted by Crippen LogP contribution is 2.13. The number of likely N-dealkylation sites (N-methyl/N-ethyl adjacent to an activating group) is 1. The molecule has 4 heteroatoms. The van der Waals surface area contributed by atoms with Crippen molar-refractivity contribution < 1.29 is 14.0 Å². The van der Waals surface area contributed by atoms with Gasteiger partial charge in [0, 0.05) is 6.42 Å². The molecule has 0 aromatic rings. The fraction of sp³-hybridized carbons (Fsp3) is 0.958. The lowest BCUT2D eigenvalue weighted by Gasteiger charge is -2.37. The summed E-state index contributed by atoms with van der Waals surface area (Å²) in [5.74, 6) is 0.223. The van der Waals surface area contributed by atoms with Crippen LogP contribution in [0.15, 0.2) is 0 Å². The molecule has 1 N–H and O–H groups in total. The highest BCUT2D eigenvalue weighted by atomic mass is 16.5. The molecule has 0 aromatic heterocycles. The molecule has 1 aliphatic rings. The Hall–Kier alpha value is -0.610. The standard InChI is InChI=1S/C24H48N2O2/c1-3-4-5-6-7-8-9-10-11-12-13-14-15-16-17-18-24(27)25-23-26(2)19-21-28-22-20-26/h3-23H2,1-2H3/p+1. The molecule has 0 atom stereocenters. The Bertz CT molecular complexity index is 368. The molecule has 0 aromatic carbocycles. The molecular formula is C24H49N2O2+. The minimum Gasteiger partial charge on any atom is -0.370 e. The molecule has 1 amide bonds. The Kier molecular flexibility index (Phi) is 15.7. The molecule has 0 unspecified atom stereocenters. The Morgan fingerprint density at radius 3 is 1.64 bits per heavy atom. The van der Waals surface area contributed by atoms with Crippen molar-refractivity contribution in [2.75, 3.05) is 40.0 Å². The van der Waals surface area contributed by atoms with Gasteiger partial charge in [-0.2, -0.15) is 0 Å². The third kappa shape index (κ3) is 14.4. The van der Waals surface area contributed by atoms with Crippen molar-refractivity contribution >= 4 is 5.91 Å². The number of carbonyl (C=O) groups excluding carboxylic acids is 1. The van der Waals surface area contributed by atoms with E-state index < -0.39 is 0 Å². The van der Waals surface area contributed by atoms with E-state index >= 15 is 0 Å². The van der Waals surface area contributed by atoms with Gasteiger partial charge in [-0.25, -0.2) is 0 Å². The topological polar surface area (TPSA) is 38.3 Å². The van der Waals surface area contributed by atoms with Crippen molar-refractivity contribution in [1.29, 1.82) is 0 Å². The Labute approximate surface area is 175 Å². The van der Waals surface area contributed by atoms with Gasteiger partial charge in [-0.05, 0) is 6.42 Å². The van der Waals surface area contributed by atoms with Crippen LogP contribution >= 0.6 is 0 Å². The van der Waals surface area contributed by atoms with Crippen LogP contribution in [0, 0.1) is 0 Å². The third-order valence-corrected chi connectivity index (χ3v) is 6.22. The summed E-state index contributed by atoms with van der Waals surface area (Å²) in [6.45, 7) is 6.65. The first-order valence-electron chi connectivity index (χ1n) is 12.3. The van der Waals surface area contributed by atoms with E-state index in [4.69, 9.17) is 4.74 Å². The minimum absolute atomic E-state index is 0.223. The number of quaternary nitrogens is 1. The van der Waals surface area contributed by atoms with Gasteiger partial charge in [0.25, 0.3) is 0 Å². The van der Waals surface area contributed by atoms with Crippen LogP contribution in [0.25, 0.3) is 0 Å². The lowest BCUT2D eigenvalue weighted by molar-refractivity contribution is -0.918. The van der Waals surface area contributed by atoms with E-state index in [9.17, 15) is 4.79 Å². The number of morpholine rings is 1. The number of hydrogen-bond donors (Lipinski definition) is 1. The quantitative estimate of drug-likeness (QED) is 0.234. The Balaban J connectivity index is 1.78. The predicted molar refractivity (Wildman–Crippen MR) is 119 cm³/mol. The van der Waals surface area contributed by atoms with Crippen molar-refractivity contribution in [1.82, 2.24) is 5.32 Å². The highest BCUT2D eigenvalue weighted by molar-refractivity contribution is 5.75. The van der Waals surface area contributed by atoms with Crippen molar-refractivity contribution in [3.05, 3.63) is 0 Å². The maximum Gasteiger partial charge on any atom is 0.224 e. The summed E-state index contributed by atoms with van der Waals surface area (Å²) in [6, 6.07) is 0. The minimum atomic E-state index is 0.223. The van der Waals surface area contributed by atoms with Crippen LogP contribution in [0.4, 0.5) is 0 Å². The second-order valence-electron chi connectivity index (χ2n) is 9.14. The number of unbranched alkanes of at least 4 members (excludes halogenated alkanes) is 14. The first-order valence-corrected chi connectivity index (χ1v) is 12.3. The predicted octanol–water partition coefficient (Wildman–Crippen LogP) is 5.80. The molecule has 1 saturated heterocycles. The van der Waals surface area contributed by atoms with Gasteiger partial charge in [-0.15, -0.1) is 0 Å². The van der Waals surface area contributed by atoms with E-state index in [2.05, 4.69) is 19.3 Å². The number of amides is 1. The zero-order valence-corrected chi connectivity index (χ0v) is 19.1. The Morgan fingerprint density at radius 2 is 1.18 bits per heavy atom. The summed E-state index contributed by atoms with van der Waals surface area (Å²) in [4.78, 5) is 12.0. The monoisotopic (exact) mass is 397 g/mol. The summed E-state index contributed by atoms with van der Waals surface area (Å²) in [6.07, 6.45) is 21.1. The molecule has 1 rings (SSSR count). The lowest BCUT2D eigenvalue weighted by Crippen LogP contribution is -2.56. The van der Waals surface area contributed by atoms with Gasteiger partial charge >= 0.3 is 0 Å². The lowest BCUT2D eigenvalue weighted by atomic mass is 10.0. The van der Waals surface area contributed by atoms with Gasteiger partial charge in [0.2, 0.25) is 5.91 Å². The van der Waals surface area contributed by atoms with E-state index in [1.54, 1.807) is 0 Å². The fourth-order valence-electron chi connectivity index (χ4n) is 3.97. The zero-order chi connectivity index (χ0) is 20.3. The smallest absolute Gasteiger partial charge is 0.224 e. The van der Waals surface area contributed by atoms with Crippen molar-refractivity contribution in [2.45, 2.75) is 110 Å². The molecule has 1 fully saturated rings. The third-order valence-electron chi connectivity index (χ3n) is 6.22. The molecule has 166 valence electrons. The van der Waals surface area contributed by atoms with E-state index in [1.165, 1.54) is 89.9 Å². The number of nitrogens with one attached hydrogen (secondary N) is 1. The molecule has 0 aliphatic carbocycles. The first kappa shape index (κ1) is 25.4. The number of hydrogen-bond acceptors (Lipinski definition) is 2. The van der Waals surface area contributed by atoms with Crippen molar-refractivity contribution in [3.8, 4) is 0 Å². The van der Waals surface area contributed by atoms with Crippen LogP contribution in [0.5, 0.6) is 0 Å². The number of nitrogens with zero attached hydrogens (tertiary/aromatic N) is 1. The molecular weight excluding hydrogens is 348 g/mol. The van der Waals surface area contributed by atoms with E-state index in [1.807, 2.05) is 0 Å². The van der Waals surface area contributed by atoms with E-state index in [-0.39, 0.29) is 5.91 Å². The van der Waals surface area contributed by atoms with Gasteiger partial charge in [0.15, 0.2) is 6.67 Å². The number of ether oxygens (including phenoxy) is 1.